The summed E-state index contributed by atoms with van der Waals surface area (Å²) in [6.07, 6.45) is 7.82. The molecule has 9 heteroatoms. The average molecular weight is 531 g/mol. The third-order valence-electron chi connectivity index (χ3n) is 7.86. The molecule has 1 saturated heterocycles. The number of hydrogen-bond acceptors (Lipinski definition) is 4. The highest BCUT2D eigenvalue weighted by atomic mass is 16.2. The van der Waals surface area contributed by atoms with Crippen LogP contribution in [0, 0.1) is 0 Å². The van der Waals surface area contributed by atoms with Gasteiger partial charge in [-0.05, 0) is 56.0 Å². The normalized spacial score (nSPS) is 15.2. The number of nitrogens with one attached hydrogen (secondary N) is 3. The Morgan fingerprint density at radius 1 is 0.974 bits per heavy atom. The standard InChI is InChI=1S/C30H38N6O3/c31-16-8-2-1-3-13-28(37)33-26(19-21-20-32-24-10-5-4-9-23(21)24)29(38)35-17-14-22(15-18-35)36-27-12-7-6-11-25(27)34-30(36)39/h4-7,9-12,20,22,26,32H,1-3,8,13-19,31H2,(H,33,37)(H,34,39)/t26-/m1/s1. The summed E-state index contributed by atoms with van der Waals surface area (Å²) in [7, 11) is 0. The van der Waals surface area contributed by atoms with Crippen LogP contribution in [0.1, 0.15) is 56.6 Å². The van der Waals surface area contributed by atoms with E-state index in [2.05, 4.69) is 15.3 Å². The number of nitrogens with zero attached hydrogens (tertiary/aromatic N) is 2. The number of aromatic nitrogens is 3. The predicted octanol–water partition coefficient (Wildman–Crippen LogP) is 3.61. The Labute approximate surface area is 227 Å². The van der Waals surface area contributed by atoms with Gasteiger partial charge in [0.1, 0.15) is 6.04 Å². The van der Waals surface area contributed by atoms with Crippen molar-refractivity contribution in [2.24, 2.45) is 5.73 Å². The molecule has 1 atom stereocenters. The van der Waals surface area contributed by atoms with Gasteiger partial charge in [0.2, 0.25) is 11.8 Å². The number of unbranched alkanes of at least 4 members (excludes halogenated alkanes) is 3. The lowest BCUT2D eigenvalue weighted by atomic mass is 10.00. The van der Waals surface area contributed by atoms with Crippen molar-refractivity contribution in [2.45, 2.75) is 63.5 Å². The lowest BCUT2D eigenvalue weighted by molar-refractivity contribution is -0.137. The number of carbonyl (C=O) groups is 2. The fraction of sp³-hybridized carbons (Fsp3) is 0.433. The molecule has 2 aromatic carbocycles. The number of piperidine rings is 1. The summed E-state index contributed by atoms with van der Waals surface area (Å²) in [5, 5.41) is 4.11. The Morgan fingerprint density at radius 3 is 2.49 bits per heavy atom. The van der Waals surface area contributed by atoms with Crippen molar-refractivity contribution in [3.63, 3.8) is 0 Å². The van der Waals surface area contributed by atoms with Gasteiger partial charge in [0.05, 0.1) is 11.0 Å². The molecule has 0 radical (unpaired) electrons. The second kappa shape index (κ2) is 12.3. The van der Waals surface area contributed by atoms with Crippen LogP contribution in [0.3, 0.4) is 0 Å². The number of amides is 2. The third-order valence-corrected chi connectivity index (χ3v) is 7.86. The Kier molecular flexibility index (Phi) is 8.46. The van der Waals surface area contributed by atoms with E-state index in [9.17, 15) is 14.4 Å². The molecule has 1 aliphatic heterocycles. The van der Waals surface area contributed by atoms with Crippen LogP contribution < -0.4 is 16.7 Å². The van der Waals surface area contributed by atoms with Crippen LogP contribution >= 0.6 is 0 Å². The molecular weight excluding hydrogens is 492 g/mol. The summed E-state index contributed by atoms with van der Waals surface area (Å²) < 4.78 is 1.83. The van der Waals surface area contributed by atoms with Crippen LogP contribution in [-0.2, 0) is 16.0 Å². The van der Waals surface area contributed by atoms with E-state index in [4.69, 9.17) is 5.73 Å². The Hall–Kier alpha value is -3.85. The molecule has 9 nitrogen and oxygen atoms in total. The van der Waals surface area contributed by atoms with Crippen LogP contribution in [0.25, 0.3) is 21.9 Å². The molecule has 5 rings (SSSR count). The number of hydrogen-bond donors (Lipinski definition) is 4. The molecule has 0 spiro atoms. The van der Waals surface area contributed by atoms with Crippen LogP contribution in [0.15, 0.2) is 59.5 Å². The van der Waals surface area contributed by atoms with Gasteiger partial charge in [0.25, 0.3) is 0 Å². The molecular formula is C30H38N6O3. The van der Waals surface area contributed by atoms with Gasteiger partial charge in [-0.2, -0.15) is 0 Å². The number of rotatable bonds is 11. The monoisotopic (exact) mass is 530 g/mol. The first kappa shape index (κ1) is 26.7. The SMILES string of the molecule is NCCCCCCC(=O)N[C@H](Cc1c[nH]c2ccccc12)C(=O)N1CCC(n2c(=O)[nH]c3ccccc32)CC1. The van der Waals surface area contributed by atoms with Crippen molar-refractivity contribution in [2.75, 3.05) is 19.6 Å². The van der Waals surface area contributed by atoms with Crippen molar-refractivity contribution in [1.82, 2.24) is 24.8 Å². The van der Waals surface area contributed by atoms with Gasteiger partial charge >= 0.3 is 5.69 Å². The molecule has 0 aliphatic carbocycles. The van der Waals surface area contributed by atoms with Crippen molar-refractivity contribution >= 4 is 33.8 Å². The zero-order valence-electron chi connectivity index (χ0n) is 22.3. The van der Waals surface area contributed by atoms with E-state index in [1.165, 1.54) is 0 Å². The molecule has 3 heterocycles. The number of imidazole rings is 1. The van der Waals surface area contributed by atoms with Gasteiger partial charge in [-0.1, -0.05) is 43.2 Å². The van der Waals surface area contributed by atoms with Gasteiger partial charge in [0, 0.05) is 49.1 Å². The average Bonchev–Trinajstić information content (AvgIpc) is 3.52. The van der Waals surface area contributed by atoms with Gasteiger partial charge in [-0.25, -0.2) is 4.79 Å². The van der Waals surface area contributed by atoms with Crippen molar-refractivity contribution in [3.05, 3.63) is 70.8 Å². The molecule has 39 heavy (non-hydrogen) atoms. The zero-order chi connectivity index (χ0) is 27.2. The molecule has 1 fully saturated rings. The number of H-pyrrole nitrogens is 2. The summed E-state index contributed by atoms with van der Waals surface area (Å²) in [4.78, 5) is 47.4. The van der Waals surface area contributed by atoms with Gasteiger partial charge in [-0.15, -0.1) is 0 Å². The fourth-order valence-electron chi connectivity index (χ4n) is 5.77. The molecule has 0 unspecified atom stereocenters. The summed E-state index contributed by atoms with van der Waals surface area (Å²) >= 11 is 0. The van der Waals surface area contributed by atoms with Crippen molar-refractivity contribution in [3.8, 4) is 0 Å². The Bertz CT molecular complexity index is 1480. The number of fused-ring (bicyclic) bond motifs is 2. The lowest BCUT2D eigenvalue weighted by Gasteiger charge is -2.35. The van der Waals surface area contributed by atoms with E-state index in [1.54, 1.807) is 0 Å². The lowest BCUT2D eigenvalue weighted by Crippen LogP contribution is -2.52. The number of benzene rings is 2. The van der Waals surface area contributed by atoms with Crippen molar-refractivity contribution < 1.29 is 9.59 Å². The molecule has 1 aliphatic rings. The fourth-order valence-corrected chi connectivity index (χ4v) is 5.77. The maximum absolute atomic E-state index is 13.8. The van der Waals surface area contributed by atoms with Crippen LogP contribution in [0.4, 0.5) is 0 Å². The minimum Gasteiger partial charge on any atom is -0.361 e. The minimum atomic E-state index is -0.645. The predicted molar refractivity (Wildman–Crippen MR) is 153 cm³/mol. The second-order valence-corrected chi connectivity index (χ2v) is 10.5. The highest BCUT2D eigenvalue weighted by molar-refractivity contribution is 5.89. The maximum atomic E-state index is 13.8. The first-order chi connectivity index (χ1) is 19.0. The highest BCUT2D eigenvalue weighted by Crippen LogP contribution is 2.26. The van der Waals surface area contributed by atoms with E-state index in [0.29, 0.717) is 45.3 Å². The second-order valence-electron chi connectivity index (χ2n) is 10.5. The number of likely N-dealkylation sites (tertiary alicyclic amines) is 1. The summed E-state index contributed by atoms with van der Waals surface area (Å²) in [5.74, 6) is -0.164. The molecule has 2 amide bonds. The summed E-state index contributed by atoms with van der Waals surface area (Å²) in [6.45, 7) is 1.74. The van der Waals surface area contributed by atoms with E-state index < -0.39 is 6.04 Å². The van der Waals surface area contributed by atoms with E-state index in [1.807, 2.05) is 64.2 Å². The van der Waals surface area contributed by atoms with Crippen molar-refractivity contribution in [1.29, 1.82) is 0 Å². The molecule has 2 aromatic heterocycles. The minimum absolute atomic E-state index is 0.0212. The topological polar surface area (TPSA) is 129 Å². The quantitative estimate of drug-likeness (QED) is 0.221. The van der Waals surface area contributed by atoms with Gasteiger partial charge in [-0.3, -0.25) is 14.2 Å². The van der Waals surface area contributed by atoms with Crippen LogP contribution in [0.2, 0.25) is 0 Å². The van der Waals surface area contributed by atoms with E-state index in [0.717, 1.165) is 53.2 Å². The maximum Gasteiger partial charge on any atom is 0.326 e. The molecule has 0 saturated carbocycles. The van der Waals surface area contributed by atoms with Crippen LogP contribution in [0.5, 0.6) is 0 Å². The smallest absolute Gasteiger partial charge is 0.326 e. The number of para-hydroxylation sites is 3. The van der Waals surface area contributed by atoms with Crippen LogP contribution in [-0.4, -0.2) is 56.9 Å². The van der Waals surface area contributed by atoms with Gasteiger partial charge < -0.3 is 25.9 Å². The van der Waals surface area contributed by atoms with Gasteiger partial charge in [0.15, 0.2) is 0 Å². The molecule has 0 bridgehead atoms. The third kappa shape index (κ3) is 6.09. The zero-order valence-corrected chi connectivity index (χ0v) is 22.3. The summed E-state index contributed by atoms with van der Waals surface area (Å²) in [6, 6.07) is 15.1. The Morgan fingerprint density at radius 2 is 1.69 bits per heavy atom. The number of carbonyl (C=O) groups excluding carboxylic acids is 2. The molecule has 5 N–H and O–H groups in total. The van der Waals surface area contributed by atoms with E-state index in [-0.39, 0.29) is 23.5 Å². The summed E-state index contributed by atoms with van der Waals surface area (Å²) in [5.41, 5.74) is 9.19. The van der Waals surface area contributed by atoms with E-state index >= 15 is 0 Å². The Balaban J connectivity index is 1.27. The number of nitrogens with two attached hydrogens (primary N) is 1. The largest absolute Gasteiger partial charge is 0.361 e. The highest BCUT2D eigenvalue weighted by Gasteiger charge is 2.31. The number of aromatic amines is 2. The first-order valence-corrected chi connectivity index (χ1v) is 14.1. The first-order valence-electron chi connectivity index (χ1n) is 14.1. The molecule has 4 aromatic rings. The molecule has 206 valence electrons.